The molecular weight excluding hydrogens is 578 g/mol. The summed E-state index contributed by atoms with van der Waals surface area (Å²) in [4.78, 5) is 37.5. The molecule has 11 nitrogen and oxygen atoms in total. The zero-order chi connectivity index (χ0) is 32.2. The summed E-state index contributed by atoms with van der Waals surface area (Å²) >= 11 is 0. The SMILES string of the molecule is CNCCCOCCOCCOCCCNC(=O)[C@H](CCCCNC(=O)OCc1ccccc1)CC(=O)OCc1ccccc1. The van der Waals surface area contributed by atoms with Crippen molar-refractivity contribution in [3.63, 3.8) is 0 Å². The van der Waals surface area contributed by atoms with Gasteiger partial charge in [-0.2, -0.15) is 0 Å². The zero-order valence-electron chi connectivity index (χ0n) is 26.6. The molecule has 11 heteroatoms. The average Bonchev–Trinajstić information content (AvgIpc) is 3.06. The molecule has 0 heterocycles. The predicted octanol–water partition coefficient (Wildman–Crippen LogP) is 4.00. The fraction of sp³-hybridized carbons (Fsp3) is 0.559. The summed E-state index contributed by atoms with van der Waals surface area (Å²) in [6, 6.07) is 18.9. The van der Waals surface area contributed by atoms with E-state index in [-0.39, 0.29) is 25.5 Å². The molecule has 0 aliphatic rings. The number of rotatable bonds is 26. The molecule has 250 valence electrons. The fourth-order valence-electron chi connectivity index (χ4n) is 4.23. The number of hydrogen-bond donors (Lipinski definition) is 3. The van der Waals surface area contributed by atoms with Gasteiger partial charge in [-0.3, -0.25) is 9.59 Å². The number of carbonyl (C=O) groups excluding carboxylic acids is 3. The van der Waals surface area contributed by atoms with Gasteiger partial charge in [-0.05, 0) is 50.4 Å². The number of hydrogen-bond acceptors (Lipinski definition) is 9. The highest BCUT2D eigenvalue weighted by Crippen LogP contribution is 2.15. The maximum absolute atomic E-state index is 13.0. The van der Waals surface area contributed by atoms with Crippen molar-refractivity contribution in [3.05, 3.63) is 71.8 Å². The first-order valence-corrected chi connectivity index (χ1v) is 15.9. The Kier molecular flexibility index (Phi) is 21.6. The van der Waals surface area contributed by atoms with E-state index >= 15 is 0 Å². The first kappa shape index (κ1) is 37.7. The topological polar surface area (TPSA) is 133 Å². The number of unbranched alkanes of at least 4 members (excludes halogenated alkanes) is 1. The molecule has 0 bridgehead atoms. The van der Waals surface area contributed by atoms with Gasteiger partial charge in [0.15, 0.2) is 0 Å². The van der Waals surface area contributed by atoms with E-state index in [4.69, 9.17) is 23.7 Å². The molecule has 0 saturated carbocycles. The van der Waals surface area contributed by atoms with Gasteiger partial charge in [0.1, 0.15) is 13.2 Å². The van der Waals surface area contributed by atoms with Crippen molar-refractivity contribution in [3.8, 4) is 0 Å². The summed E-state index contributed by atoms with van der Waals surface area (Å²) in [6.45, 7) is 5.39. The molecule has 2 aromatic rings. The molecule has 2 aromatic carbocycles. The molecule has 0 radical (unpaired) electrons. The lowest BCUT2D eigenvalue weighted by molar-refractivity contribution is -0.148. The van der Waals surface area contributed by atoms with E-state index in [2.05, 4.69) is 16.0 Å². The number of alkyl carbamates (subject to hydrolysis) is 1. The van der Waals surface area contributed by atoms with Crippen LogP contribution in [0.4, 0.5) is 4.79 Å². The van der Waals surface area contributed by atoms with Crippen LogP contribution in [0.5, 0.6) is 0 Å². The lowest BCUT2D eigenvalue weighted by Crippen LogP contribution is -2.33. The molecule has 45 heavy (non-hydrogen) atoms. The minimum absolute atomic E-state index is 0.0156. The van der Waals surface area contributed by atoms with Gasteiger partial charge >= 0.3 is 12.1 Å². The van der Waals surface area contributed by atoms with E-state index in [1.807, 2.05) is 67.7 Å². The molecular formula is C34H51N3O8. The maximum atomic E-state index is 13.0. The van der Waals surface area contributed by atoms with Crippen LogP contribution in [0.25, 0.3) is 0 Å². The highest BCUT2D eigenvalue weighted by Gasteiger charge is 2.22. The number of amides is 2. The molecule has 0 aromatic heterocycles. The minimum atomic E-state index is -0.534. The standard InChI is InChI=1S/C34H51N3O8/c1-35-17-10-20-41-22-24-43-25-23-42-21-11-19-36-33(39)31(26-32(38)44-27-29-12-4-2-5-13-29)16-8-9-18-37-34(40)45-28-30-14-6-3-7-15-30/h2-7,12-15,31,35H,8-11,16-28H2,1H3,(H,36,39)(H,37,40)/t31-/m1/s1. The quantitative estimate of drug-likeness (QED) is 0.104. The molecule has 3 N–H and O–H groups in total. The lowest BCUT2D eigenvalue weighted by Gasteiger charge is -2.17. The van der Waals surface area contributed by atoms with E-state index in [1.54, 1.807) is 0 Å². The highest BCUT2D eigenvalue weighted by molar-refractivity contribution is 5.83. The van der Waals surface area contributed by atoms with Crippen molar-refractivity contribution in [1.29, 1.82) is 0 Å². The first-order chi connectivity index (χ1) is 22.1. The van der Waals surface area contributed by atoms with Gasteiger partial charge in [-0.1, -0.05) is 67.1 Å². The Morgan fingerprint density at radius 2 is 1.16 bits per heavy atom. The van der Waals surface area contributed by atoms with E-state index in [0.717, 1.165) is 24.1 Å². The number of carbonyl (C=O) groups is 3. The Balaban J connectivity index is 1.62. The Morgan fingerprint density at radius 1 is 0.622 bits per heavy atom. The van der Waals surface area contributed by atoms with Gasteiger partial charge in [-0.15, -0.1) is 0 Å². The van der Waals surface area contributed by atoms with Crippen LogP contribution in [0.3, 0.4) is 0 Å². The largest absolute Gasteiger partial charge is 0.461 e. The number of ether oxygens (including phenoxy) is 5. The lowest BCUT2D eigenvalue weighted by atomic mass is 9.97. The first-order valence-electron chi connectivity index (χ1n) is 15.9. The summed E-state index contributed by atoms with van der Waals surface area (Å²) in [5.41, 5.74) is 1.80. The number of nitrogens with one attached hydrogen (secondary N) is 3. The smallest absolute Gasteiger partial charge is 0.407 e. The molecule has 0 saturated heterocycles. The fourth-order valence-corrected chi connectivity index (χ4v) is 4.23. The van der Waals surface area contributed by atoms with E-state index in [0.29, 0.717) is 78.4 Å². The maximum Gasteiger partial charge on any atom is 0.407 e. The van der Waals surface area contributed by atoms with E-state index in [1.165, 1.54) is 0 Å². The van der Waals surface area contributed by atoms with Crippen molar-refractivity contribution in [2.75, 3.05) is 66.3 Å². The van der Waals surface area contributed by atoms with Crippen molar-refractivity contribution in [1.82, 2.24) is 16.0 Å². The monoisotopic (exact) mass is 629 g/mol. The van der Waals surface area contributed by atoms with Crippen LogP contribution in [0.15, 0.2) is 60.7 Å². The Morgan fingerprint density at radius 3 is 1.76 bits per heavy atom. The van der Waals surface area contributed by atoms with Crippen LogP contribution < -0.4 is 16.0 Å². The summed E-state index contributed by atoms with van der Waals surface area (Å²) in [6.07, 6.45) is 2.88. The molecule has 0 fully saturated rings. The zero-order valence-corrected chi connectivity index (χ0v) is 26.6. The van der Waals surface area contributed by atoms with E-state index in [9.17, 15) is 14.4 Å². The molecule has 2 amide bonds. The third kappa shape index (κ3) is 20.2. The Labute approximate surface area is 267 Å². The van der Waals surface area contributed by atoms with Gasteiger partial charge in [0, 0.05) is 32.2 Å². The minimum Gasteiger partial charge on any atom is -0.461 e. The second-order valence-electron chi connectivity index (χ2n) is 10.5. The third-order valence-electron chi connectivity index (χ3n) is 6.71. The molecule has 0 aliphatic carbocycles. The van der Waals surface area contributed by atoms with Crippen molar-refractivity contribution in [2.45, 2.75) is 51.7 Å². The second kappa shape index (κ2) is 25.8. The van der Waals surface area contributed by atoms with Crippen LogP contribution in [-0.2, 0) is 46.5 Å². The second-order valence-corrected chi connectivity index (χ2v) is 10.5. The predicted molar refractivity (Wildman–Crippen MR) is 171 cm³/mol. The normalized spacial score (nSPS) is 11.5. The Hall–Kier alpha value is -3.51. The third-order valence-corrected chi connectivity index (χ3v) is 6.71. The summed E-state index contributed by atoms with van der Waals surface area (Å²) < 4.78 is 27.2. The summed E-state index contributed by atoms with van der Waals surface area (Å²) in [5.74, 6) is -1.15. The van der Waals surface area contributed by atoms with E-state index < -0.39 is 18.0 Å². The van der Waals surface area contributed by atoms with Crippen LogP contribution in [-0.4, -0.2) is 84.3 Å². The Bertz CT molecular complexity index is 1040. The van der Waals surface area contributed by atoms with Gasteiger partial charge in [0.2, 0.25) is 5.91 Å². The van der Waals surface area contributed by atoms with Crippen molar-refractivity contribution >= 4 is 18.0 Å². The van der Waals surface area contributed by atoms with Gasteiger partial charge < -0.3 is 39.6 Å². The van der Waals surface area contributed by atoms with Gasteiger partial charge in [-0.25, -0.2) is 4.79 Å². The average molecular weight is 630 g/mol. The van der Waals surface area contributed by atoms with Crippen molar-refractivity contribution < 1.29 is 38.1 Å². The van der Waals surface area contributed by atoms with Crippen LogP contribution in [0.2, 0.25) is 0 Å². The molecule has 2 rings (SSSR count). The van der Waals surface area contributed by atoms with Gasteiger partial charge in [0.25, 0.3) is 0 Å². The number of esters is 1. The van der Waals surface area contributed by atoms with Crippen molar-refractivity contribution in [2.24, 2.45) is 5.92 Å². The summed E-state index contributed by atoms with van der Waals surface area (Å²) in [7, 11) is 1.92. The molecule has 0 unspecified atom stereocenters. The van der Waals surface area contributed by atoms with Gasteiger partial charge in [0.05, 0.1) is 32.8 Å². The number of benzene rings is 2. The molecule has 1 atom stereocenters. The van der Waals surface area contributed by atoms with Crippen LogP contribution in [0.1, 0.15) is 49.7 Å². The molecule has 0 aliphatic heterocycles. The summed E-state index contributed by atoms with van der Waals surface area (Å²) in [5, 5.41) is 8.73. The molecule has 0 spiro atoms. The van der Waals surface area contributed by atoms with Crippen LogP contribution >= 0.6 is 0 Å². The van der Waals surface area contributed by atoms with Crippen LogP contribution in [0, 0.1) is 5.92 Å². The highest BCUT2D eigenvalue weighted by atomic mass is 16.6.